The van der Waals surface area contributed by atoms with Gasteiger partial charge in [-0.2, -0.15) is 0 Å². The number of imidazole rings is 1. The summed E-state index contributed by atoms with van der Waals surface area (Å²) in [6.45, 7) is 5.09. The first-order valence-electron chi connectivity index (χ1n) is 6.92. The Hall–Kier alpha value is -2.01. The number of phenols is 1. The minimum atomic E-state index is 0.139. The zero-order valence-electron chi connectivity index (χ0n) is 11.9. The molecule has 0 spiro atoms. The Morgan fingerprint density at radius 3 is 2.90 bits per heavy atom. The summed E-state index contributed by atoms with van der Waals surface area (Å²) in [5.41, 5.74) is 0.820. The van der Waals surface area contributed by atoms with Crippen LogP contribution in [0.5, 0.6) is 11.5 Å². The van der Waals surface area contributed by atoms with Gasteiger partial charge in [-0.15, -0.1) is 0 Å². The fourth-order valence-corrected chi connectivity index (χ4v) is 2.12. The summed E-state index contributed by atoms with van der Waals surface area (Å²) in [6.07, 6.45) is 4.47. The SMILES string of the molecule is CCOc1cccc(CNC(CC)c2ncc[nH]2)c1O. The highest BCUT2D eigenvalue weighted by Gasteiger charge is 2.13. The Kier molecular flexibility index (Phi) is 5.01. The molecule has 2 aromatic rings. The van der Waals surface area contributed by atoms with Crippen molar-refractivity contribution < 1.29 is 9.84 Å². The van der Waals surface area contributed by atoms with E-state index in [1.165, 1.54) is 0 Å². The third-order valence-electron chi connectivity index (χ3n) is 3.18. The lowest BCUT2D eigenvalue weighted by atomic mass is 10.1. The van der Waals surface area contributed by atoms with Crippen LogP contribution < -0.4 is 10.1 Å². The van der Waals surface area contributed by atoms with Gasteiger partial charge in [0.05, 0.1) is 12.6 Å². The van der Waals surface area contributed by atoms with Gasteiger partial charge in [0.1, 0.15) is 5.82 Å². The quantitative estimate of drug-likeness (QED) is 0.726. The highest BCUT2D eigenvalue weighted by molar-refractivity contribution is 5.45. The second-order valence-corrected chi connectivity index (χ2v) is 4.51. The summed E-state index contributed by atoms with van der Waals surface area (Å²) in [5.74, 6) is 1.64. The molecular formula is C15H21N3O2. The fourth-order valence-electron chi connectivity index (χ4n) is 2.12. The van der Waals surface area contributed by atoms with Crippen LogP contribution in [0.25, 0.3) is 0 Å². The van der Waals surface area contributed by atoms with Gasteiger partial charge in [-0.05, 0) is 19.4 Å². The Morgan fingerprint density at radius 1 is 1.40 bits per heavy atom. The monoisotopic (exact) mass is 275 g/mol. The predicted molar refractivity (Wildman–Crippen MR) is 77.7 cm³/mol. The maximum Gasteiger partial charge on any atom is 0.162 e. The second kappa shape index (κ2) is 6.96. The summed E-state index contributed by atoms with van der Waals surface area (Å²) < 4.78 is 5.39. The number of benzene rings is 1. The van der Waals surface area contributed by atoms with Crippen molar-refractivity contribution in [2.75, 3.05) is 6.61 Å². The molecule has 0 aliphatic carbocycles. The molecule has 1 heterocycles. The topological polar surface area (TPSA) is 70.2 Å². The van der Waals surface area contributed by atoms with Gasteiger partial charge in [0, 0.05) is 24.5 Å². The molecule has 2 rings (SSSR count). The van der Waals surface area contributed by atoms with E-state index in [0.717, 1.165) is 17.8 Å². The number of rotatable bonds is 7. The van der Waals surface area contributed by atoms with Gasteiger partial charge in [0.15, 0.2) is 11.5 Å². The first kappa shape index (κ1) is 14.4. The minimum absolute atomic E-state index is 0.139. The van der Waals surface area contributed by atoms with E-state index in [2.05, 4.69) is 22.2 Å². The van der Waals surface area contributed by atoms with E-state index in [9.17, 15) is 5.11 Å². The number of hydrogen-bond acceptors (Lipinski definition) is 4. The molecule has 5 nitrogen and oxygen atoms in total. The van der Waals surface area contributed by atoms with Gasteiger partial charge < -0.3 is 20.1 Å². The van der Waals surface area contributed by atoms with Gasteiger partial charge in [-0.25, -0.2) is 4.98 Å². The smallest absolute Gasteiger partial charge is 0.162 e. The number of aromatic amines is 1. The van der Waals surface area contributed by atoms with Crippen molar-refractivity contribution >= 4 is 0 Å². The van der Waals surface area contributed by atoms with Gasteiger partial charge >= 0.3 is 0 Å². The minimum Gasteiger partial charge on any atom is -0.504 e. The van der Waals surface area contributed by atoms with Crippen LogP contribution in [0, 0.1) is 0 Å². The highest BCUT2D eigenvalue weighted by atomic mass is 16.5. The van der Waals surface area contributed by atoms with E-state index in [1.807, 2.05) is 25.3 Å². The molecule has 1 aromatic heterocycles. The number of nitrogens with one attached hydrogen (secondary N) is 2. The third kappa shape index (κ3) is 3.30. The molecule has 20 heavy (non-hydrogen) atoms. The maximum absolute atomic E-state index is 10.1. The molecule has 1 unspecified atom stereocenters. The van der Waals surface area contributed by atoms with Crippen LogP contribution >= 0.6 is 0 Å². The van der Waals surface area contributed by atoms with Crippen molar-refractivity contribution in [3.05, 3.63) is 42.0 Å². The average Bonchev–Trinajstić information content (AvgIpc) is 2.97. The van der Waals surface area contributed by atoms with Crippen molar-refractivity contribution in [1.82, 2.24) is 15.3 Å². The van der Waals surface area contributed by atoms with Crippen LogP contribution in [0.4, 0.5) is 0 Å². The largest absolute Gasteiger partial charge is 0.504 e. The Bertz CT molecular complexity index is 526. The zero-order valence-corrected chi connectivity index (χ0v) is 11.9. The van der Waals surface area contributed by atoms with E-state index in [-0.39, 0.29) is 11.8 Å². The second-order valence-electron chi connectivity index (χ2n) is 4.51. The van der Waals surface area contributed by atoms with Crippen LogP contribution in [0.2, 0.25) is 0 Å². The van der Waals surface area contributed by atoms with Crippen LogP contribution in [-0.2, 0) is 6.54 Å². The molecule has 1 atom stereocenters. The number of aromatic nitrogens is 2. The van der Waals surface area contributed by atoms with Gasteiger partial charge in [-0.3, -0.25) is 0 Å². The number of hydrogen-bond donors (Lipinski definition) is 3. The normalized spacial score (nSPS) is 12.3. The molecule has 1 aromatic carbocycles. The Labute approximate surface area is 119 Å². The Balaban J connectivity index is 2.05. The standard InChI is InChI=1S/C15H21N3O2/c1-3-12(15-16-8-9-17-15)18-10-11-6-5-7-13(14(11)19)20-4-2/h5-9,12,18-19H,3-4,10H2,1-2H3,(H,16,17). The molecule has 0 radical (unpaired) electrons. The molecule has 0 saturated carbocycles. The van der Waals surface area contributed by atoms with Gasteiger partial charge in [-0.1, -0.05) is 19.1 Å². The lowest BCUT2D eigenvalue weighted by molar-refractivity contribution is 0.316. The van der Waals surface area contributed by atoms with E-state index in [4.69, 9.17) is 4.74 Å². The van der Waals surface area contributed by atoms with Crippen molar-refractivity contribution in [1.29, 1.82) is 0 Å². The van der Waals surface area contributed by atoms with E-state index in [0.29, 0.717) is 18.9 Å². The molecule has 0 aliphatic heterocycles. The van der Waals surface area contributed by atoms with Crippen molar-refractivity contribution in [3.63, 3.8) is 0 Å². The van der Waals surface area contributed by atoms with E-state index < -0.39 is 0 Å². The maximum atomic E-state index is 10.1. The van der Waals surface area contributed by atoms with Gasteiger partial charge in [0.2, 0.25) is 0 Å². The van der Waals surface area contributed by atoms with Gasteiger partial charge in [0.25, 0.3) is 0 Å². The molecule has 0 amide bonds. The highest BCUT2D eigenvalue weighted by Crippen LogP contribution is 2.30. The van der Waals surface area contributed by atoms with E-state index in [1.54, 1.807) is 12.3 Å². The number of H-pyrrole nitrogens is 1. The van der Waals surface area contributed by atoms with Crippen LogP contribution in [0.3, 0.4) is 0 Å². The summed E-state index contributed by atoms with van der Waals surface area (Å²) in [6, 6.07) is 5.68. The molecule has 3 N–H and O–H groups in total. The first-order valence-corrected chi connectivity index (χ1v) is 6.92. The number of ether oxygens (including phenoxy) is 1. The molecule has 0 bridgehead atoms. The number of aromatic hydroxyl groups is 1. The average molecular weight is 275 g/mol. The molecule has 0 saturated heterocycles. The summed E-state index contributed by atoms with van der Waals surface area (Å²) in [4.78, 5) is 7.37. The lowest BCUT2D eigenvalue weighted by Crippen LogP contribution is -2.21. The molecule has 5 heteroatoms. The van der Waals surface area contributed by atoms with Crippen LogP contribution in [-0.4, -0.2) is 21.7 Å². The van der Waals surface area contributed by atoms with Crippen molar-refractivity contribution in [2.45, 2.75) is 32.9 Å². The summed E-state index contributed by atoms with van der Waals surface area (Å²) >= 11 is 0. The van der Waals surface area contributed by atoms with E-state index >= 15 is 0 Å². The number of nitrogens with zero attached hydrogens (tertiary/aromatic N) is 1. The molecule has 0 aliphatic rings. The number of para-hydroxylation sites is 1. The van der Waals surface area contributed by atoms with Crippen molar-refractivity contribution in [3.8, 4) is 11.5 Å². The fraction of sp³-hybridized carbons (Fsp3) is 0.400. The lowest BCUT2D eigenvalue weighted by Gasteiger charge is -2.16. The summed E-state index contributed by atoms with van der Waals surface area (Å²) in [7, 11) is 0. The Morgan fingerprint density at radius 2 is 2.25 bits per heavy atom. The van der Waals surface area contributed by atoms with Crippen LogP contribution in [0.15, 0.2) is 30.6 Å². The third-order valence-corrected chi connectivity index (χ3v) is 3.18. The van der Waals surface area contributed by atoms with Crippen molar-refractivity contribution in [2.24, 2.45) is 0 Å². The molecule has 108 valence electrons. The molecule has 0 fully saturated rings. The predicted octanol–water partition coefficient (Wildman–Crippen LogP) is 2.75. The summed E-state index contributed by atoms with van der Waals surface area (Å²) in [5, 5.41) is 13.5. The zero-order chi connectivity index (χ0) is 14.4. The first-order chi connectivity index (χ1) is 9.76. The number of phenolic OH excluding ortho intramolecular Hbond substituents is 1. The molecular weight excluding hydrogens is 254 g/mol. The van der Waals surface area contributed by atoms with Crippen LogP contribution in [0.1, 0.15) is 37.7 Å².